The maximum Gasteiger partial charge on any atom is 0.319 e. The van der Waals surface area contributed by atoms with Crippen molar-refractivity contribution >= 4 is 23.1 Å². The number of thiophene rings is 1. The van der Waals surface area contributed by atoms with E-state index in [4.69, 9.17) is 10.2 Å². The van der Waals surface area contributed by atoms with Crippen molar-refractivity contribution in [3.05, 3.63) is 41.8 Å². The number of hydrogen-bond acceptors (Lipinski definition) is 4. The van der Waals surface area contributed by atoms with E-state index in [0.717, 1.165) is 10.4 Å². The Morgan fingerprint density at radius 3 is 2.85 bits per heavy atom. The number of amides is 2. The van der Waals surface area contributed by atoms with Gasteiger partial charge in [0.1, 0.15) is 0 Å². The molecule has 20 heavy (non-hydrogen) atoms. The van der Waals surface area contributed by atoms with Gasteiger partial charge < -0.3 is 20.8 Å². The number of anilines is 1. The average Bonchev–Trinajstić information content (AvgIpc) is 2.99. The molecule has 1 heterocycles. The van der Waals surface area contributed by atoms with Crippen molar-refractivity contribution in [3.63, 3.8) is 0 Å². The third kappa shape index (κ3) is 4.06. The fourth-order valence-corrected chi connectivity index (χ4v) is 2.37. The van der Waals surface area contributed by atoms with E-state index in [-0.39, 0.29) is 13.2 Å². The Balaban J connectivity index is 1.96. The Kier molecular flexibility index (Phi) is 5.11. The summed E-state index contributed by atoms with van der Waals surface area (Å²) in [5.74, 6) is 0. The summed E-state index contributed by atoms with van der Waals surface area (Å²) in [6, 6.07) is 11.1. The van der Waals surface area contributed by atoms with E-state index in [1.54, 1.807) is 17.4 Å². The van der Waals surface area contributed by atoms with Gasteiger partial charge in [-0.2, -0.15) is 0 Å². The van der Waals surface area contributed by atoms with Gasteiger partial charge >= 0.3 is 6.03 Å². The summed E-state index contributed by atoms with van der Waals surface area (Å²) < 4.78 is 0. The largest absolute Gasteiger partial charge is 0.394 e. The lowest BCUT2D eigenvalue weighted by Gasteiger charge is -2.10. The molecule has 1 aromatic carbocycles. The smallest absolute Gasteiger partial charge is 0.319 e. The molecule has 0 saturated carbocycles. The lowest BCUT2D eigenvalue weighted by atomic mass is 10.1. The van der Waals surface area contributed by atoms with Crippen LogP contribution < -0.4 is 10.6 Å². The van der Waals surface area contributed by atoms with Crippen LogP contribution in [0.1, 0.15) is 0 Å². The monoisotopic (exact) mass is 292 g/mol. The summed E-state index contributed by atoms with van der Waals surface area (Å²) in [5, 5.41) is 25.0. The van der Waals surface area contributed by atoms with Crippen molar-refractivity contribution in [1.82, 2.24) is 5.32 Å². The quantitative estimate of drug-likeness (QED) is 0.679. The molecule has 0 saturated heterocycles. The van der Waals surface area contributed by atoms with Gasteiger partial charge in [-0.05, 0) is 29.1 Å². The van der Waals surface area contributed by atoms with E-state index in [9.17, 15) is 4.79 Å². The van der Waals surface area contributed by atoms with Gasteiger partial charge in [0.05, 0.1) is 12.7 Å². The molecule has 0 aliphatic rings. The predicted molar refractivity (Wildman–Crippen MR) is 79.9 cm³/mol. The molecule has 0 radical (unpaired) electrons. The number of carbonyl (C=O) groups excluding carboxylic acids is 1. The highest BCUT2D eigenvalue weighted by atomic mass is 32.1. The van der Waals surface area contributed by atoms with Gasteiger partial charge in [-0.25, -0.2) is 4.79 Å². The lowest BCUT2D eigenvalue weighted by molar-refractivity contribution is 0.0965. The third-order valence-corrected chi connectivity index (χ3v) is 3.55. The highest BCUT2D eigenvalue weighted by Gasteiger charge is 2.06. The van der Waals surface area contributed by atoms with Gasteiger partial charge in [-0.3, -0.25) is 0 Å². The number of rotatable bonds is 5. The molecule has 106 valence electrons. The Morgan fingerprint density at radius 2 is 2.15 bits per heavy atom. The summed E-state index contributed by atoms with van der Waals surface area (Å²) in [7, 11) is 0. The molecule has 0 aliphatic carbocycles. The lowest BCUT2D eigenvalue weighted by Crippen LogP contribution is -2.36. The number of aliphatic hydroxyl groups is 2. The van der Waals surface area contributed by atoms with Gasteiger partial charge in [0, 0.05) is 17.1 Å². The molecule has 1 aromatic heterocycles. The van der Waals surface area contributed by atoms with Crippen LogP contribution in [-0.4, -0.2) is 35.5 Å². The van der Waals surface area contributed by atoms with Crippen LogP contribution in [0.4, 0.5) is 10.5 Å². The Hall–Kier alpha value is -1.89. The number of benzene rings is 1. The highest BCUT2D eigenvalue weighted by Crippen LogP contribution is 2.26. The van der Waals surface area contributed by atoms with Crippen LogP contribution in [-0.2, 0) is 0 Å². The molecule has 0 spiro atoms. The number of carbonyl (C=O) groups is 1. The van der Waals surface area contributed by atoms with Crippen LogP contribution in [0.2, 0.25) is 0 Å². The van der Waals surface area contributed by atoms with Gasteiger partial charge in [0.15, 0.2) is 0 Å². The number of urea groups is 1. The molecule has 2 amide bonds. The molecular formula is C14H16N2O3S. The topological polar surface area (TPSA) is 81.6 Å². The standard InChI is InChI=1S/C14H16N2O3S/c17-9-12(18)8-15-14(19)16-11-4-1-3-10(7-11)13-5-2-6-20-13/h1-7,12,17-18H,8-9H2,(H2,15,16,19). The van der Waals surface area contributed by atoms with Crippen molar-refractivity contribution in [2.45, 2.75) is 6.10 Å². The van der Waals surface area contributed by atoms with E-state index >= 15 is 0 Å². The third-order valence-electron chi connectivity index (χ3n) is 2.64. The fraction of sp³-hybridized carbons (Fsp3) is 0.214. The molecule has 1 unspecified atom stereocenters. The van der Waals surface area contributed by atoms with Crippen molar-refractivity contribution in [2.24, 2.45) is 0 Å². The molecular weight excluding hydrogens is 276 g/mol. The summed E-state index contributed by atoms with van der Waals surface area (Å²) >= 11 is 1.63. The second-order valence-electron chi connectivity index (χ2n) is 4.23. The second kappa shape index (κ2) is 7.04. The summed E-state index contributed by atoms with van der Waals surface area (Å²) in [4.78, 5) is 12.7. The minimum Gasteiger partial charge on any atom is -0.394 e. The molecule has 4 N–H and O–H groups in total. The molecule has 6 heteroatoms. The first-order chi connectivity index (χ1) is 9.69. The first kappa shape index (κ1) is 14.5. The summed E-state index contributed by atoms with van der Waals surface area (Å²) in [6.45, 7) is -0.374. The van der Waals surface area contributed by atoms with E-state index in [0.29, 0.717) is 5.69 Å². The van der Waals surface area contributed by atoms with Crippen LogP contribution in [0.15, 0.2) is 41.8 Å². The number of hydrogen-bond donors (Lipinski definition) is 4. The normalized spacial score (nSPS) is 11.9. The van der Waals surface area contributed by atoms with E-state index in [1.807, 2.05) is 35.7 Å². The zero-order valence-electron chi connectivity index (χ0n) is 10.7. The van der Waals surface area contributed by atoms with Gasteiger partial charge in [0.2, 0.25) is 0 Å². The Labute approximate surface area is 120 Å². The maximum absolute atomic E-state index is 11.6. The van der Waals surface area contributed by atoms with Crippen LogP contribution in [0, 0.1) is 0 Å². The van der Waals surface area contributed by atoms with Crippen molar-refractivity contribution < 1.29 is 15.0 Å². The SMILES string of the molecule is O=C(NCC(O)CO)Nc1cccc(-c2cccs2)c1. The van der Waals surface area contributed by atoms with Crippen LogP contribution in [0.25, 0.3) is 10.4 Å². The first-order valence-electron chi connectivity index (χ1n) is 6.17. The summed E-state index contributed by atoms with van der Waals surface area (Å²) in [6.07, 6.45) is -0.946. The zero-order valence-corrected chi connectivity index (χ0v) is 11.6. The first-order valence-corrected chi connectivity index (χ1v) is 7.04. The van der Waals surface area contributed by atoms with Crippen molar-refractivity contribution in [3.8, 4) is 10.4 Å². The second-order valence-corrected chi connectivity index (χ2v) is 5.18. The maximum atomic E-state index is 11.6. The molecule has 2 rings (SSSR count). The molecule has 1 atom stereocenters. The van der Waals surface area contributed by atoms with E-state index < -0.39 is 12.1 Å². The van der Waals surface area contributed by atoms with E-state index in [1.165, 1.54) is 0 Å². The zero-order chi connectivity index (χ0) is 14.4. The van der Waals surface area contributed by atoms with Gasteiger partial charge in [-0.1, -0.05) is 18.2 Å². The molecule has 0 fully saturated rings. The van der Waals surface area contributed by atoms with Gasteiger partial charge in [-0.15, -0.1) is 11.3 Å². The predicted octanol–water partition coefficient (Wildman–Crippen LogP) is 1.89. The van der Waals surface area contributed by atoms with E-state index in [2.05, 4.69) is 10.6 Å². The average molecular weight is 292 g/mol. The van der Waals surface area contributed by atoms with Crippen LogP contribution in [0.3, 0.4) is 0 Å². The van der Waals surface area contributed by atoms with Crippen LogP contribution in [0.5, 0.6) is 0 Å². The highest BCUT2D eigenvalue weighted by molar-refractivity contribution is 7.13. The molecule has 0 bridgehead atoms. The molecule has 2 aromatic rings. The Morgan fingerprint density at radius 1 is 1.30 bits per heavy atom. The molecule has 5 nitrogen and oxygen atoms in total. The minimum atomic E-state index is -0.946. The fourth-order valence-electron chi connectivity index (χ4n) is 1.64. The number of nitrogens with one attached hydrogen (secondary N) is 2. The van der Waals surface area contributed by atoms with Gasteiger partial charge in [0.25, 0.3) is 0 Å². The number of aliphatic hydroxyl groups excluding tert-OH is 2. The molecule has 0 aliphatic heterocycles. The minimum absolute atomic E-state index is 0.00689. The van der Waals surface area contributed by atoms with Crippen molar-refractivity contribution in [1.29, 1.82) is 0 Å². The van der Waals surface area contributed by atoms with Crippen molar-refractivity contribution in [2.75, 3.05) is 18.5 Å². The van der Waals surface area contributed by atoms with Crippen LogP contribution >= 0.6 is 11.3 Å². The Bertz CT molecular complexity index is 557. The summed E-state index contributed by atoms with van der Waals surface area (Å²) in [5.41, 5.74) is 1.71.